The van der Waals surface area contributed by atoms with Gasteiger partial charge in [0, 0.05) is 18.5 Å². The predicted octanol–water partition coefficient (Wildman–Crippen LogP) is 3.04. The molecule has 1 aromatic carbocycles. The Hall–Kier alpha value is -1.61. The molecule has 96 valence electrons. The number of pyridine rings is 1. The molecule has 2 rings (SSSR count). The number of hydrogen-bond acceptors (Lipinski definition) is 3. The lowest BCUT2D eigenvalue weighted by atomic mass is 10.1. The number of anilines is 1. The van der Waals surface area contributed by atoms with Crippen LogP contribution in [0, 0.1) is 13.8 Å². The summed E-state index contributed by atoms with van der Waals surface area (Å²) < 4.78 is 0. The monoisotopic (exact) mass is 244 g/mol. The molecule has 0 spiro atoms. The van der Waals surface area contributed by atoms with Crippen LogP contribution in [-0.2, 0) is 0 Å². The van der Waals surface area contributed by atoms with Crippen LogP contribution in [0.4, 0.5) is 5.82 Å². The molecule has 0 saturated carbocycles. The summed E-state index contributed by atoms with van der Waals surface area (Å²) in [5.74, 6) is 0.918. The van der Waals surface area contributed by atoms with Crippen molar-refractivity contribution in [2.75, 3.05) is 18.5 Å². The van der Waals surface area contributed by atoms with Crippen molar-refractivity contribution in [1.82, 2.24) is 4.98 Å². The van der Waals surface area contributed by atoms with Crippen LogP contribution in [0.1, 0.15) is 24.0 Å². The van der Waals surface area contributed by atoms with Crippen LogP contribution in [0.3, 0.4) is 0 Å². The van der Waals surface area contributed by atoms with Gasteiger partial charge in [0.15, 0.2) is 0 Å². The van der Waals surface area contributed by atoms with Gasteiger partial charge in [0.1, 0.15) is 5.82 Å². The normalized spacial score (nSPS) is 10.8. The van der Waals surface area contributed by atoms with Gasteiger partial charge in [-0.1, -0.05) is 11.6 Å². The molecule has 0 unspecified atom stereocenters. The Bertz CT molecular complexity index is 537. The van der Waals surface area contributed by atoms with E-state index in [0.717, 1.165) is 30.7 Å². The molecule has 0 aliphatic heterocycles. The fourth-order valence-electron chi connectivity index (χ4n) is 2.05. The summed E-state index contributed by atoms with van der Waals surface area (Å²) in [6.45, 7) is 5.32. The average molecular weight is 244 g/mol. The third kappa shape index (κ3) is 2.99. The van der Waals surface area contributed by atoms with Gasteiger partial charge in [0.2, 0.25) is 0 Å². The molecule has 0 saturated heterocycles. The minimum atomic E-state index is 0.255. The Morgan fingerprint density at radius 3 is 2.78 bits per heavy atom. The Kier molecular flexibility index (Phi) is 4.15. The van der Waals surface area contributed by atoms with E-state index in [0.29, 0.717) is 0 Å². The molecule has 0 radical (unpaired) electrons. The highest BCUT2D eigenvalue weighted by molar-refractivity contribution is 5.84. The molecule has 0 fully saturated rings. The van der Waals surface area contributed by atoms with Crippen molar-refractivity contribution in [3.8, 4) is 0 Å². The average Bonchev–Trinajstić information content (AvgIpc) is 2.36. The Morgan fingerprint density at radius 1 is 1.17 bits per heavy atom. The number of nitrogens with zero attached hydrogens (tertiary/aromatic N) is 1. The number of nitrogens with one attached hydrogen (secondary N) is 1. The molecule has 0 aliphatic carbocycles. The van der Waals surface area contributed by atoms with E-state index in [1.54, 1.807) is 0 Å². The van der Waals surface area contributed by atoms with Crippen molar-refractivity contribution in [2.45, 2.75) is 26.7 Å². The van der Waals surface area contributed by atoms with Crippen molar-refractivity contribution in [1.29, 1.82) is 0 Å². The van der Waals surface area contributed by atoms with E-state index in [4.69, 9.17) is 5.11 Å². The first-order valence-electron chi connectivity index (χ1n) is 6.43. The first-order chi connectivity index (χ1) is 8.70. The summed E-state index contributed by atoms with van der Waals surface area (Å²) in [5, 5.41) is 13.3. The van der Waals surface area contributed by atoms with Crippen LogP contribution in [0.25, 0.3) is 10.9 Å². The van der Waals surface area contributed by atoms with Gasteiger partial charge in [0.05, 0.1) is 5.52 Å². The Morgan fingerprint density at radius 2 is 2.00 bits per heavy atom. The molecular formula is C15H20N2O. The molecule has 2 N–H and O–H groups in total. The first kappa shape index (κ1) is 12.8. The lowest BCUT2D eigenvalue weighted by molar-refractivity contribution is 0.286. The molecule has 1 aromatic heterocycles. The summed E-state index contributed by atoms with van der Waals surface area (Å²) in [5.41, 5.74) is 3.54. The highest BCUT2D eigenvalue weighted by atomic mass is 16.2. The fraction of sp³-hybridized carbons (Fsp3) is 0.400. The molecular weight excluding hydrogens is 224 g/mol. The Balaban J connectivity index is 2.18. The van der Waals surface area contributed by atoms with Crippen LogP contribution in [0.15, 0.2) is 24.3 Å². The van der Waals surface area contributed by atoms with Gasteiger partial charge >= 0.3 is 0 Å². The van der Waals surface area contributed by atoms with Crippen LogP contribution in [0.5, 0.6) is 0 Å². The minimum absolute atomic E-state index is 0.255. The molecule has 18 heavy (non-hydrogen) atoms. The molecule has 0 amide bonds. The van der Waals surface area contributed by atoms with Crippen molar-refractivity contribution < 1.29 is 5.11 Å². The number of aromatic nitrogens is 1. The zero-order valence-electron chi connectivity index (χ0n) is 11.0. The van der Waals surface area contributed by atoms with E-state index in [1.165, 1.54) is 16.5 Å². The van der Waals surface area contributed by atoms with E-state index in [9.17, 15) is 0 Å². The number of aryl methyl sites for hydroxylation is 2. The lowest BCUT2D eigenvalue weighted by Gasteiger charge is -2.09. The summed E-state index contributed by atoms with van der Waals surface area (Å²) in [6, 6.07) is 8.41. The summed E-state index contributed by atoms with van der Waals surface area (Å²) in [6.07, 6.45) is 1.79. The maximum atomic E-state index is 8.73. The maximum Gasteiger partial charge on any atom is 0.126 e. The molecule has 0 bridgehead atoms. The lowest BCUT2D eigenvalue weighted by Crippen LogP contribution is -2.04. The Labute approximate surface area is 108 Å². The molecule has 0 atom stereocenters. The molecule has 3 heteroatoms. The highest BCUT2D eigenvalue weighted by Gasteiger charge is 2.02. The second-order valence-electron chi connectivity index (χ2n) is 4.70. The quantitative estimate of drug-likeness (QED) is 0.795. The molecule has 3 nitrogen and oxygen atoms in total. The van der Waals surface area contributed by atoms with E-state index in [1.807, 2.05) is 0 Å². The van der Waals surface area contributed by atoms with Crippen LogP contribution in [0.2, 0.25) is 0 Å². The topological polar surface area (TPSA) is 45.2 Å². The largest absolute Gasteiger partial charge is 0.396 e. The van der Waals surface area contributed by atoms with Gasteiger partial charge in [-0.3, -0.25) is 0 Å². The second kappa shape index (κ2) is 5.83. The smallest absolute Gasteiger partial charge is 0.126 e. The van der Waals surface area contributed by atoms with Crippen molar-refractivity contribution in [3.05, 3.63) is 35.4 Å². The van der Waals surface area contributed by atoms with Gasteiger partial charge in [-0.25, -0.2) is 4.98 Å². The number of aliphatic hydroxyl groups is 1. The zero-order valence-corrected chi connectivity index (χ0v) is 11.0. The number of benzene rings is 1. The number of hydrogen-bond donors (Lipinski definition) is 2. The van der Waals surface area contributed by atoms with Gasteiger partial charge in [-0.2, -0.15) is 0 Å². The third-order valence-electron chi connectivity index (χ3n) is 3.06. The van der Waals surface area contributed by atoms with Crippen molar-refractivity contribution >= 4 is 16.7 Å². The maximum absolute atomic E-state index is 8.73. The summed E-state index contributed by atoms with van der Waals surface area (Å²) in [4.78, 5) is 4.60. The fourth-order valence-corrected chi connectivity index (χ4v) is 2.05. The molecule has 0 aliphatic rings. The molecule has 2 aromatic rings. The van der Waals surface area contributed by atoms with Gasteiger partial charge in [-0.15, -0.1) is 0 Å². The standard InChI is InChI=1S/C15H20N2O/c1-11-5-6-14-13(9-11)12(2)10-15(17-14)16-7-3-4-8-18/h5-6,9-10,18H,3-4,7-8H2,1-2H3,(H,16,17). The summed E-state index contributed by atoms with van der Waals surface area (Å²) >= 11 is 0. The van der Waals surface area contributed by atoms with Crippen LogP contribution in [-0.4, -0.2) is 23.2 Å². The van der Waals surface area contributed by atoms with E-state index >= 15 is 0 Å². The number of fused-ring (bicyclic) bond motifs is 1. The minimum Gasteiger partial charge on any atom is -0.396 e. The first-order valence-corrected chi connectivity index (χ1v) is 6.43. The van der Waals surface area contributed by atoms with Gasteiger partial charge < -0.3 is 10.4 Å². The SMILES string of the molecule is Cc1ccc2nc(NCCCCO)cc(C)c2c1. The number of unbranched alkanes of at least 4 members (excludes halogenated alkanes) is 1. The van der Waals surface area contributed by atoms with E-state index in [2.05, 4.69) is 48.4 Å². The number of aliphatic hydroxyl groups excluding tert-OH is 1. The van der Waals surface area contributed by atoms with Crippen molar-refractivity contribution in [3.63, 3.8) is 0 Å². The van der Waals surface area contributed by atoms with Crippen LogP contribution >= 0.6 is 0 Å². The second-order valence-corrected chi connectivity index (χ2v) is 4.70. The van der Waals surface area contributed by atoms with E-state index in [-0.39, 0.29) is 6.61 Å². The third-order valence-corrected chi connectivity index (χ3v) is 3.06. The highest BCUT2D eigenvalue weighted by Crippen LogP contribution is 2.21. The van der Waals surface area contributed by atoms with Crippen LogP contribution < -0.4 is 5.32 Å². The summed E-state index contributed by atoms with van der Waals surface area (Å²) in [7, 11) is 0. The molecule has 1 heterocycles. The van der Waals surface area contributed by atoms with Gasteiger partial charge in [0.25, 0.3) is 0 Å². The number of rotatable bonds is 5. The van der Waals surface area contributed by atoms with E-state index < -0.39 is 0 Å². The predicted molar refractivity (Wildman–Crippen MR) is 76.0 cm³/mol. The zero-order chi connectivity index (χ0) is 13.0. The van der Waals surface area contributed by atoms with Gasteiger partial charge in [-0.05, 0) is 50.5 Å². The van der Waals surface area contributed by atoms with Crippen molar-refractivity contribution in [2.24, 2.45) is 0 Å².